The normalized spacial score (nSPS) is 26.1. The Hall–Kier alpha value is -0.940. The average Bonchev–Trinajstić information content (AvgIpc) is 3.24. The number of carbonyl (C=O) groups is 1. The van der Waals surface area contributed by atoms with Gasteiger partial charge in [-0.1, -0.05) is 13.8 Å². The minimum atomic E-state index is 0.286. The average molecular weight is 307 g/mol. The molecule has 21 heavy (non-hydrogen) atoms. The van der Waals surface area contributed by atoms with Gasteiger partial charge in [0.15, 0.2) is 0 Å². The first-order valence-electron chi connectivity index (χ1n) is 8.12. The summed E-state index contributed by atoms with van der Waals surface area (Å²) in [5.41, 5.74) is 1.18. The van der Waals surface area contributed by atoms with Crippen LogP contribution < -0.4 is 5.32 Å². The number of nitrogens with one attached hydrogen (secondary N) is 1. The van der Waals surface area contributed by atoms with Gasteiger partial charge in [0.1, 0.15) is 0 Å². The molecule has 0 radical (unpaired) electrons. The Balaban J connectivity index is 1.47. The van der Waals surface area contributed by atoms with Crippen molar-refractivity contribution >= 4 is 17.2 Å². The van der Waals surface area contributed by atoms with Gasteiger partial charge in [0.2, 0.25) is 5.91 Å². The van der Waals surface area contributed by atoms with E-state index in [1.165, 1.54) is 23.5 Å². The summed E-state index contributed by atoms with van der Waals surface area (Å²) in [4.78, 5) is 18.5. The lowest BCUT2D eigenvalue weighted by molar-refractivity contribution is -0.132. The first-order valence-corrected chi connectivity index (χ1v) is 9.00. The third-order valence-corrected chi connectivity index (χ3v) is 5.66. The van der Waals surface area contributed by atoms with Gasteiger partial charge in [-0.3, -0.25) is 4.79 Å². The second-order valence-corrected chi connectivity index (χ2v) is 7.29. The minimum Gasteiger partial charge on any atom is -0.342 e. The van der Waals surface area contributed by atoms with Gasteiger partial charge in [-0.25, -0.2) is 4.98 Å². The van der Waals surface area contributed by atoms with Crippen molar-refractivity contribution in [2.24, 2.45) is 5.92 Å². The van der Waals surface area contributed by atoms with Crippen LogP contribution in [0.5, 0.6) is 0 Å². The maximum absolute atomic E-state index is 11.8. The molecule has 0 aromatic carbocycles. The van der Waals surface area contributed by atoms with Crippen LogP contribution >= 0.6 is 11.3 Å². The SMILES string of the molecule is CCC(=O)N1CC[C@H](NCc2csc(C3CC3)n2)[C@@H](C)C1. The molecule has 1 saturated carbocycles. The van der Waals surface area contributed by atoms with Gasteiger partial charge in [-0.15, -0.1) is 11.3 Å². The van der Waals surface area contributed by atoms with Gasteiger partial charge in [0, 0.05) is 43.4 Å². The molecule has 1 aliphatic heterocycles. The first kappa shape index (κ1) is 15.0. The summed E-state index contributed by atoms with van der Waals surface area (Å²) in [7, 11) is 0. The number of aromatic nitrogens is 1. The monoisotopic (exact) mass is 307 g/mol. The van der Waals surface area contributed by atoms with Crippen molar-refractivity contribution in [1.29, 1.82) is 0 Å². The van der Waals surface area contributed by atoms with Gasteiger partial charge >= 0.3 is 0 Å². The van der Waals surface area contributed by atoms with E-state index in [0.29, 0.717) is 18.4 Å². The molecule has 4 nitrogen and oxygen atoms in total. The van der Waals surface area contributed by atoms with Crippen LogP contribution in [0.1, 0.15) is 56.2 Å². The number of carbonyl (C=O) groups excluding carboxylic acids is 1. The molecule has 1 amide bonds. The highest BCUT2D eigenvalue weighted by molar-refractivity contribution is 7.09. The maximum Gasteiger partial charge on any atom is 0.222 e. The number of hydrogen-bond donors (Lipinski definition) is 1. The molecule has 5 heteroatoms. The van der Waals surface area contributed by atoms with E-state index in [2.05, 4.69) is 17.6 Å². The van der Waals surface area contributed by atoms with E-state index in [4.69, 9.17) is 4.98 Å². The van der Waals surface area contributed by atoms with E-state index in [1.807, 2.05) is 23.2 Å². The largest absolute Gasteiger partial charge is 0.342 e. The lowest BCUT2D eigenvalue weighted by Gasteiger charge is -2.37. The zero-order chi connectivity index (χ0) is 14.8. The summed E-state index contributed by atoms with van der Waals surface area (Å²) in [6, 6.07) is 0.497. The number of nitrogens with zero attached hydrogens (tertiary/aromatic N) is 2. The number of hydrogen-bond acceptors (Lipinski definition) is 4. The van der Waals surface area contributed by atoms with Crippen LogP contribution in [-0.4, -0.2) is 34.9 Å². The Labute approximate surface area is 130 Å². The number of thiazole rings is 1. The molecule has 2 atom stereocenters. The third-order valence-electron chi connectivity index (χ3n) is 4.60. The summed E-state index contributed by atoms with van der Waals surface area (Å²) in [6.45, 7) is 6.81. The first-order chi connectivity index (χ1) is 10.2. The van der Waals surface area contributed by atoms with Crippen LogP contribution in [0.25, 0.3) is 0 Å². The summed E-state index contributed by atoms with van der Waals surface area (Å²) in [5, 5.41) is 7.16. The van der Waals surface area contributed by atoms with Gasteiger partial charge in [0.05, 0.1) is 10.7 Å². The van der Waals surface area contributed by atoms with E-state index >= 15 is 0 Å². The molecule has 0 bridgehead atoms. The molecule has 2 heterocycles. The highest BCUT2D eigenvalue weighted by atomic mass is 32.1. The molecular weight excluding hydrogens is 282 g/mol. The van der Waals surface area contributed by atoms with Gasteiger partial charge in [-0.05, 0) is 25.2 Å². The molecule has 1 aliphatic carbocycles. The molecule has 1 aromatic heterocycles. The summed E-state index contributed by atoms with van der Waals surface area (Å²) >= 11 is 1.81. The highest BCUT2D eigenvalue weighted by Crippen LogP contribution is 2.41. The smallest absolute Gasteiger partial charge is 0.222 e. The molecule has 1 aromatic rings. The van der Waals surface area contributed by atoms with Crippen molar-refractivity contribution in [3.8, 4) is 0 Å². The van der Waals surface area contributed by atoms with Crippen molar-refractivity contribution in [3.05, 3.63) is 16.1 Å². The Morgan fingerprint density at radius 2 is 2.29 bits per heavy atom. The van der Waals surface area contributed by atoms with Crippen molar-refractivity contribution < 1.29 is 4.79 Å². The Morgan fingerprint density at radius 1 is 1.48 bits per heavy atom. The molecule has 2 aliphatic rings. The number of rotatable bonds is 5. The second-order valence-electron chi connectivity index (χ2n) is 6.40. The van der Waals surface area contributed by atoms with Crippen molar-refractivity contribution in [3.63, 3.8) is 0 Å². The minimum absolute atomic E-state index is 0.286. The van der Waals surface area contributed by atoms with E-state index in [-0.39, 0.29) is 5.91 Å². The lowest BCUT2D eigenvalue weighted by Crippen LogP contribution is -2.49. The molecular formula is C16H25N3OS. The molecule has 2 fully saturated rings. The summed E-state index contributed by atoms with van der Waals surface area (Å²) in [6.07, 6.45) is 4.31. The van der Waals surface area contributed by atoms with E-state index in [9.17, 15) is 4.79 Å². The second kappa shape index (κ2) is 6.44. The van der Waals surface area contributed by atoms with E-state index < -0.39 is 0 Å². The third kappa shape index (κ3) is 3.64. The fraction of sp³-hybridized carbons (Fsp3) is 0.750. The predicted octanol–water partition coefficient (Wildman–Crippen LogP) is 2.76. The number of likely N-dealkylation sites (tertiary alicyclic amines) is 1. The van der Waals surface area contributed by atoms with E-state index in [1.54, 1.807) is 0 Å². The van der Waals surface area contributed by atoms with Gasteiger partial charge in [0.25, 0.3) is 0 Å². The zero-order valence-electron chi connectivity index (χ0n) is 13.0. The molecule has 0 spiro atoms. The van der Waals surface area contributed by atoms with Gasteiger partial charge < -0.3 is 10.2 Å². The topological polar surface area (TPSA) is 45.2 Å². The Morgan fingerprint density at radius 3 is 2.95 bits per heavy atom. The van der Waals surface area contributed by atoms with Crippen molar-refractivity contribution in [1.82, 2.24) is 15.2 Å². The van der Waals surface area contributed by atoms with Crippen LogP contribution in [0.3, 0.4) is 0 Å². The summed E-state index contributed by atoms with van der Waals surface area (Å²) in [5.74, 6) is 1.55. The lowest BCUT2D eigenvalue weighted by atomic mass is 9.93. The van der Waals surface area contributed by atoms with Crippen molar-refractivity contribution in [2.45, 2.75) is 58.0 Å². The molecule has 3 rings (SSSR count). The Bertz CT molecular complexity index is 497. The van der Waals surface area contributed by atoms with Crippen molar-refractivity contribution in [2.75, 3.05) is 13.1 Å². The fourth-order valence-corrected chi connectivity index (χ4v) is 4.05. The van der Waals surface area contributed by atoms with Crippen LogP contribution in [0, 0.1) is 5.92 Å². The van der Waals surface area contributed by atoms with E-state index in [0.717, 1.165) is 32.0 Å². The molecule has 1 saturated heterocycles. The zero-order valence-corrected chi connectivity index (χ0v) is 13.8. The molecule has 116 valence electrons. The summed E-state index contributed by atoms with van der Waals surface area (Å²) < 4.78 is 0. The van der Waals surface area contributed by atoms with Crippen LogP contribution in [0.15, 0.2) is 5.38 Å². The quantitative estimate of drug-likeness (QED) is 0.910. The molecule has 0 unspecified atom stereocenters. The maximum atomic E-state index is 11.8. The Kier molecular flexibility index (Phi) is 4.60. The van der Waals surface area contributed by atoms with Gasteiger partial charge in [-0.2, -0.15) is 0 Å². The highest BCUT2D eigenvalue weighted by Gasteiger charge is 2.29. The van der Waals surface area contributed by atoms with Crippen LogP contribution in [-0.2, 0) is 11.3 Å². The fourth-order valence-electron chi connectivity index (χ4n) is 3.06. The number of piperidine rings is 1. The molecule has 1 N–H and O–H groups in total. The predicted molar refractivity (Wildman–Crippen MR) is 85.4 cm³/mol. The van der Waals surface area contributed by atoms with Crippen LogP contribution in [0.4, 0.5) is 0 Å². The van der Waals surface area contributed by atoms with Crippen LogP contribution in [0.2, 0.25) is 0 Å². The number of amides is 1. The standard InChI is InChI=1S/C16H25N3OS/c1-3-15(20)19-7-6-14(11(2)9-19)17-8-13-10-21-16(18-13)12-4-5-12/h10-12,14,17H,3-9H2,1-2H3/t11-,14-/m0/s1.